The first kappa shape index (κ1) is 24.8. The molecule has 194 valence electrons. The number of ketones is 1. The van der Waals surface area contributed by atoms with Gasteiger partial charge in [0, 0.05) is 11.5 Å². The third kappa shape index (κ3) is 3.93. The van der Waals surface area contributed by atoms with Gasteiger partial charge >= 0.3 is 17.9 Å². The molecule has 9 heteroatoms. The normalized spacial score (nSPS) is 32.9. The Bertz CT molecular complexity index is 1280. The number of hydrogen-bond donors (Lipinski definition) is 1. The average molecular weight is 509 g/mol. The highest BCUT2D eigenvalue weighted by molar-refractivity contribution is 6.03. The van der Waals surface area contributed by atoms with Crippen LogP contribution in [0.25, 0.3) is 0 Å². The number of methoxy groups -OCH3 is 1. The molecule has 1 saturated carbocycles. The highest BCUT2D eigenvalue weighted by Gasteiger charge is 2.66. The van der Waals surface area contributed by atoms with E-state index < -0.39 is 58.4 Å². The number of aliphatic carboxylic acids is 1. The van der Waals surface area contributed by atoms with Crippen LogP contribution in [0.1, 0.15) is 55.1 Å². The van der Waals surface area contributed by atoms with Crippen molar-refractivity contribution in [2.24, 2.45) is 28.6 Å². The number of cyclic esters (lactones) is 1. The summed E-state index contributed by atoms with van der Waals surface area (Å²) in [7, 11) is 1.50. The molecule has 0 amide bonds. The number of furan rings is 1. The van der Waals surface area contributed by atoms with Crippen LogP contribution in [0.2, 0.25) is 0 Å². The Labute approximate surface area is 213 Å². The first-order valence-electron chi connectivity index (χ1n) is 12.2. The van der Waals surface area contributed by atoms with Gasteiger partial charge in [-0.3, -0.25) is 14.4 Å². The fourth-order valence-electron chi connectivity index (χ4n) is 6.66. The summed E-state index contributed by atoms with van der Waals surface area (Å²) in [4.78, 5) is 52.5. The molecule has 0 bridgehead atoms. The maximum absolute atomic E-state index is 14.0. The molecule has 1 N–H and O–H groups in total. The van der Waals surface area contributed by atoms with E-state index in [-0.39, 0.29) is 11.3 Å². The van der Waals surface area contributed by atoms with Gasteiger partial charge in [0.25, 0.3) is 0 Å². The Morgan fingerprint density at radius 3 is 2.43 bits per heavy atom. The summed E-state index contributed by atoms with van der Waals surface area (Å²) < 4.78 is 21.5. The molecule has 1 saturated heterocycles. The molecule has 1 aliphatic heterocycles. The quantitative estimate of drug-likeness (QED) is 0.586. The number of benzene rings is 1. The Morgan fingerprint density at radius 2 is 1.81 bits per heavy atom. The average Bonchev–Trinajstić information content (AvgIpc) is 3.40. The molecule has 1 aromatic heterocycles. The van der Waals surface area contributed by atoms with Crippen molar-refractivity contribution in [3.8, 4) is 5.75 Å². The fourth-order valence-corrected chi connectivity index (χ4v) is 6.66. The van der Waals surface area contributed by atoms with Crippen molar-refractivity contribution in [1.82, 2.24) is 0 Å². The van der Waals surface area contributed by atoms with Crippen LogP contribution in [0.5, 0.6) is 5.75 Å². The Balaban J connectivity index is 1.53. The summed E-state index contributed by atoms with van der Waals surface area (Å²) in [6, 6.07) is 7.87. The maximum atomic E-state index is 14.0. The molecule has 5 rings (SSSR count). The predicted molar refractivity (Wildman–Crippen MR) is 127 cm³/mol. The summed E-state index contributed by atoms with van der Waals surface area (Å²) >= 11 is 0. The molecule has 2 fully saturated rings. The molecule has 2 aromatic rings. The number of esters is 2. The second-order valence-electron chi connectivity index (χ2n) is 10.6. The van der Waals surface area contributed by atoms with Gasteiger partial charge < -0.3 is 23.7 Å². The SMILES string of the molecule is COc1ccc(C(=O)OC2=CC(C(=O)O)C3(C)CCC4C(=O)OC(c5ccoc5)CC4(C)C3C2=O)cc1. The Hall–Kier alpha value is -3.88. The van der Waals surface area contributed by atoms with Crippen LogP contribution >= 0.6 is 0 Å². The maximum Gasteiger partial charge on any atom is 0.343 e. The van der Waals surface area contributed by atoms with E-state index in [4.69, 9.17) is 18.6 Å². The fraction of sp³-hybridized carbons (Fsp3) is 0.429. The van der Waals surface area contributed by atoms with E-state index in [0.29, 0.717) is 30.6 Å². The lowest BCUT2D eigenvalue weighted by Gasteiger charge is -2.59. The number of Topliss-reactive ketones (excluding diaryl/α,β-unsaturated/α-hetero) is 1. The zero-order valence-electron chi connectivity index (χ0n) is 20.8. The van der Waals surface area contributed by atoms with E-state index in [0.717, 1.165) is 0 Å². The highest BCUT2D eigenvalue weighted by atomic mass is 16.5. The van der Waals surface area contributed by atoms with Crippen LogP contribution in [0.15, 0.2) is 59.1 Å². The number of ether oxygens (including phenoxy) is 3. The highest BCUT2D eigenvalue weighted by Crippen LogP contribution is 2.64. The second-order valence-corrected chi connectivity index (χ2v) is 10.6. The van der Waals surface area contributed by atoms with Gasteiger partial charge in [0.15, 0.2) is 5.76 Å². The van der Waals surface area contributed by atoms with Crippen LogP contribution < -0.4 is 4.74 Å². The van der Waals surface area contributed by atoms with Gasteiger partial charge in [0.05, 0.1) is 37.0 Å². The molecule has 2 aliphatic carbocycles. The lowest BCUT2D eigenvalue weighted by molar-refractivity contribution is -0.197. The summed E-state index contributed by atoms with van der Waals surface area (Å²) in [6.45, 7) is 3.62. The standard InChI is InChI=1S/C28H28O9/c1-27-10-8-18-26(33)37-21(16-9-11-35-14-16)13-28(18,2)23(27)22(29)20(12-19(27)24(30)31)36-25(32)15-4-6-17(34-3)7-5-15/h4-7,9,11-12,14,18-19,21,23H,8,10,13H2,1-3H3,(H,30,31). The van der Waals surface area contributed by atoms with E-state index in [1.807, 2.05) is 6.92 Å². The van der Waals surface area contributed by atoms with Crippen LogP contribution in [-0.4, -0.2) is 35.9 Å². The summed E-state index contributed by atoms with van der Waals surface area (Å²) in [5.74, 6) is -5.13. The number of carbonyl (C=O) groups is 4. The van der Waals surface area contributed by atoms with Gasteiger partial charge in [-0.25, -0.2) is 4.79 Å². The smallest absolute Gasteiger partial charge is 0.343 e. The molecule has 37 heavy (non-hydrogen) atoms. The molecule has 2 heterocycles. The number of carboxylic acids is 1. The lowest BCUT2D eigenvalue weighted by Crippen LogP contribution is -2.61. The first-order valence-corrected chi connectivity index (χ1v) is 12.2. The molecular weight excluding hydrogens is 480 g/mol. The van der Waals surface area contributed by atoms with E-state index in [2.05, 4.69) is 0 Å². The third-order valence-electron chi connectivity index (χ3n) is 8.50. The van der Waals surface area contributed by atoms with Gasteiger partial charge in [-0.05, 0) is 66.5 Å². The van der Waals surface area contributed by atoms with Crippen molar-refractivity contribution < 1.29 is 42.9 Å². The minimum Gasteiger partial charge on any atom is -0.497 e. The van der Waals surface area contributed by atoms with Crippen molar-refractivity contribution in [3.05, 3.63) is 65.8 Å². The van der Waals surface area contributed by atoms with Crippen LogP contribution in [0.3, 0.4) is 0 Å². The van der Waals surface area contributed by atoms with Gasteiger partial charge in [0.1, 0.15) is 11.9 Å². The molecule has 6 atom stereocenters. The third-order valence-corrected chi connectivity index (χ3v) is 8.50. The molecule has 9 nitrogen and oxygen atoms in total. The largest absolute Gasteiger partial charge is 0.497 e. The van der Waals surface area contributed by atoms with Crippen LogP contribution in [0.4, 0.5) is 0 Å². The number of rotatable bonds is 5. The monoisotopic (exact) mass is 508 g/mol. The molecule has 1 aromatic carbocycles. The Morgan fingerprint density at radius 1 is 1.08 bits per heavy atom. The lowest BCUT2D eigenvalue weighted by atomic mass is 9.44. The van der Waals surface area contributed by atoms with Crippen molar-refractivity contribution in [1.29, 1.82) is 0 Å². The minimum absolute atomic E-state index is 0.184. The molecule has 0 spiro atoms. The molecule has 6 unspecified atom stereocenters. The van der Waals surface area contributed by atoms with E-state index in [9.17, 15) is 24.3 Å². The van der Waals surface area contributed by atoms with Crippen LogP contribution in [0, 0.1) is 28.6 Å². The minimum atomic E-state index is -1.12. The summed E-state index contributed by atoms with van der Waals surface area (Å²) in [5, 5.41) is 10.2. The number of carbonyl (C=O) groups excluding carboxylic acids is 3. The van der Waals surface area contributed by atoms with Gasteiger partial charge in [-0.2, -0.15) is 0 Å². The van der Waals surface area contributed by atoms with Crippen molar-refractivity contribution >= 4 is 23.7 Å². The topological polar surface area (TPSA) is 129 Å². The summed E-state index contributed by atoms with van der Waals surface area (Å²) in [6.07, 6.45) is 4.63. The zero-order chi connectivity index (χ0) is 26.5. The van der Waals surface area contributed by atoms with Gasteiger partial charge in [-0.1, -0.05) is 13.8 Å². The molecule has 3 aliphatic rings. The summed E-state index contributed by atoms with van der Waals surface area (Å²) in [5.41, 5.74) is -1.06. The van der Waals surface area contributed by atoms with E-state index in [1.165, 1.54) is 37.8 Å². The Kier molecular flexibility index (Phi) is 5.96. The number of carboxylic acid groups (broad SMARTS) is 1. The molecule has 0 radical (unpaired) electrons. The van der Waals surface area contributed by atoms with E-state index in [1.54, 1.807) is 25.1 Å². The van der Waals surface area contributed by atoms with Crippen molar-refractivity contribution in [2.45, 2.75) is 39.2 Å². The number of allylic oxidation sites excluding steroid dienone is 1. The van der Waals surface area contributed by atoms with Gasteiger partial charge in [0.2, 0.25) is 5.78 Å². The van der Waals surface area contributed by atoms with Crippen molar-refractivity contribution in [2.75, 3.05) is 7.11 Å². The van der Waals surface area contributed by atoms with E-state index >= 15 is 0 Å². The predicted octanol–water partition coefficient (Wildman–Crippen LogP) is 4.34. The first-order chi connectivity index (χ1) is 17.6. The van der Waals surface area contributed by atoms with Crippen molar-refractivity contribution in [3.63, 3.8) is 0 Å². The van der Waals surface area contributed by atoms with Crippen LogP contribution in [-0.2, 0) is 23.9 Å². The number of hydrogen-bond acceptors (Lipinski definition) is 8. The molecular formula is C28H28O9. The van der Waals surface area contributed by atoms with Gasteiger partial charge in [-0.15, -0.1) is 0 Å². The second kappa shape index (κ2) is 8.90. The number of fused-ring (bicyclic) bond motifs is 3. The zero-order valence-corrected chi connectivity index (χ0v) is 20.8.